The zero-order valence-corrected chi connectivity index (χ0v) is 12.4. The van der Waals surface area contributed by atoms with E-state index >= 15 is 0 Å². The first-order valence-electron chi connectivity index (χ1n) is 6.82. The summed E-state index contributed by atoms with van der Waals surface area (Å²) in [7, 11) is 2.80. The van der Waals surface area contributed by atoms with Crippen LogP contribution in [0.3, 0.4) is 0 Å². The van der Waals surface area contributed by atoms with Gasteiger partial charge in [-0.1, -0.05) is 0 Å². The molecule has 1 N–H and O–H groups in total. The lowest BCUT2D eigenvalue weighted by atomic mass is 10.3. The Morgan fingerprint density at radius 3 is 2.33 bits per heavy atom. The van der Waals surface area contributed by atoms with Gasteiger partial charge in [-0.3, -0.25) is 9.59 Å². The maximum atomic E-state index is 12.4. The molecule has 0 saturated heterocycles. The van der Waals surface area contributed by atoms with E-state index in [0.717, 1.165) is 12.8 Å². The highest BCUT2D eigenvalue weighted by atomic mass is 16.5. The van der Waals surface area contributed by atoms with Crippen molar-refractivity contribution in [2.75, 3.05) is 40.5 Å². The maximum Gasteiger partial charge on any atom is 0.323 e. The van der Waals surface area contributed by atoms with Gasteiger partial charge in [-0.25, -0.2) is 4.79 Å². The van der Waals surface area contributed by atoms with Crippen LogP contribution in [0, 0.1) is 0 Å². The molecular weight excluding hydrogens is 280 g/mol. The van der Waals surface area contributed by atoms with Gasteiger partial charge < -0.3 is 24.4 Å². The van der Waals surface area contributed by atoms with Gasteiger partial charge >= 0.3 is 18.0 Å². The second kappa shape index (κ2) is 8.46. The number of nitrogens with zero attached hydrogens (tertiary/aromatic N) is 2. The van der Waals surface area contributed by atoms with Crippen LogP contribution in [0.2, 0.25) is 0 Å². The predicted molar refractivity (Wildman–Crippen MR) is 72.8 cm³/mol. The first kappa shape index (κ1) is 17.2. The van der Waals surface area contributed by atoms with Gasteiger partial charge in [0.15, 0.2) is 0 Å². The molecule has 1 aliphatic carbocycles. The van der Waals surface area contributed by atoms with E-state index in [1.165, 1.54) is 24.0 Å². The number of esters is 1. The quantitative estimate of drug-likeness (QED) is 0.610. The molecule has 0 heterocycles. The molecule has 0 bridgehead atoms. The summed E-state index contributed by atoms with van der Waals surface area (Å²) >= 11 is 0. The monoisotopic (exact) mass is 302 g/mol. The number of hydrogen-bond acceptors (Lipinski definition) is 5. The largest absolute Gasteiger partial charge is 0.480 e. The third-order valence-corrected chi connectivity index (χ3v) is 3.19. The molecule has 0 aromatic heterocycles. The number of carboxylic acids is 1. The molecule has 0 aromatic carbocycles. The molecule has 0 spiro atoms. The summed E-state index contributed by atoms with van der Waals surface area (Å²) in [5, 5.41) is 8.91. The van der Waals surface area contributed by atoms with Gasteiger partial charge in [0.1, 0.15) is 6.54 Å². The molecule has 0 atom stereocenters. The third kappa shape index (κ3) is 5.99. The number of amides is 2. The second-order valence-electron chi connectivity index (χ2n) is 4.84. The molecule has 8 nitrogen and oxygen atoms in total. The van der Waals surface area contributed by atoms with Crippen molar-refractivity contribution in [1.82, 2.24) is 9.80 Å². The van der Waals surface area contributed by atoms with Crippen molar-refractivity contribution in [2.24, 2.45) is 0 Å². The molecule has 0 aromatic rings. The van der Waals surface area contributed by atoms with Crippen LogP contribution in [0.1, 0.15) is 19.3 Å². The molecule has 1 saturated carbocycles. The van der Waals surface area contributed by atoms with E-state index < -0.39 is 11.9 Å². The highest BCUT2D eigenvalue weighted by molar-refractivity contribution is 5.81. The van der Waals surface area contributed by atoms with E-state index in [9.17, 15) is 14.4 Å². The van der Waals surface area contributed by atoms with E-state index in [-0.39, 0.29) is 31.6 Å². The summed E-state index contributed by atoms with van der Waals surface area (Å²) in [6.45, 7) is 0.469. The molecule has 1 aliphatic rings. The minimum atomic E-state index is -1.05. The van der Waals surface area contributed by atoms with E-state index in [4.69, 9.17) is 9.84 Å². The molecule has 120 valence electrons. The van der Waals surface area contributed by atoms with Gasteiger partial charge in [-0.15, -0.1) is 0 Å². The number of aliphatic carboxylic acids is 1. The molecular formula is C13H22N2O6. The summed E-state index contributed by atoms with van der Waals surface area (Å²) in [5.41, 5.74) is 0. The van der Waals surface area contributed by atoms with Gasteiger partial charge in [0, 0.05) is 26.2 Å². The summed E-state index contributed by atoms with van der Waals surface area (Å²) in [5.74, 6) is -1.46. The Morgan fingerprint density at radius 1 is 1.19 bits per heavy atom. The Balaban J connectivity index is 2.66. The number of carboxylic acid groups (broad SMARTS) is 1. The maximum absolute atomic E-state index is 12.4. The topological polar surface area (TPSA) is 96.4 Å². The van der Waals surface area contributed by atoms with E-state index in [1.807, 2.05) is 0 Å². The lowest BCUT2D eigenvalue weighted by Gasteiger charge is -2.29. The Kier molecular flexibility index (Phi) is 6.93. The summed E-state index contributed by atoms with van der Waals surface area (Å²) in [4.78, 5) is 37.3. The van der Waals surface area contributed by atoms with E-state index in [1.54, 1.807) is 0 Å². The Labute approximate surface area is 123 Å². The van der Waals surface area contributed by atoms with E-state index in [2.05, 4.69) is 4.74 Å². The number of urea groups is 1. The average Bonchev–Trinajstić information content (AvgIpc) is 3.28. The van der Waals surface area contributed by atoms with Crippen LogP contribution in [-0.4, -0.2) is 79.4 Å². The van der Waals surface area contributed by atoms with Crippen molar-refractivity contribution < 1.29 is 29.0 Å². The number of hydrogen-bond donors (Lipinski definition) is 1. The van der Waals surface area contributed by atoms with Gasteiger partial charge in [0.05, 0.1) is 20.1 Å². The van der Waals surface area contributed by atoms with Crippen molar-refractivity contribution in [2.45, 2.75) is 25.3 Å². The Hall–Kier alpha value is -1.83. The summed E-state index contributed by atoms with van der Waals surface area (Å²) in [6.07, 6.45) is 1.69. The Morgan fingerprint density at radius 2 is 1.86 bits per heavy atom. The number of carbonyl (C=O) groups is 3. The summed E-state index contributed by atoms with van der Waals surface area (Å²) < 4.78 is 9.50. The van der Waals surface area contributed by atoms with Crippen molar-refractivity contribution in [3.8, 4) is 0 Å². The van der Waals surface area contributed by atoms with Gasteiger partial charge in [-0.05, 0) is 12.8 Å². The lowest BCUT2D eigenvalue weighted by molar-refractivity contribution is -0.141. The van der Waals surface area contributed by atoms with Crippen molar-refractivity contribution in [3.63, 3.8) is 0 Å². The molecule has 2 amide bonds. The van der Waals surface area contributed by atoms with Crippen LogP contribution >= 0.6 is 0 Å². The van der Waals surface area contributed by atoms with Crippen LogP contribution in [0.5, 0.6) is 0 Å². The van der Waals surface area contributed by atoms with Crippen molar-refractivity contribution >= 4 is 18.0 Å². The van der Waals surface area contributed by atoms with Crippen LogP contribution in [0.25, 0.3) is 0 Å². The van der Waals surface area contributed by atoms with Gasteiger partial charge in [-0.2, -0.15) is 0 Å². The lowest BCUT2D eigenvalue weighted by Crippen LogP contribution is -2.48. The minimum Gasteiger partial charge on any atom is -0.480 e. The highest BCUT2D eigenvalue weighted by Gasteiger charge is 2.36. The molecule has 0 unspecified atom stereocenters. The first-order chi connectivity index (χ1) is 9.99. The zero-order chi connectivity index (χ0) is 15.8. The molecule has 1 fully saturated rings. The van der Waals surface area contributed by atoms with Gasteiger partial charge in [0.2, 0.25) is 0 Å². The first-order valence-corrected chi connectivity index (χ1v) is 6.82. The Bertz CT molecular complexity index is 383. The number of ether oxygens (including phenoxy) is 2. The molecule has 8 heteroatoms. The second-order valence-corrected chi connectivity index (χ2v) is 4.84. The zero-order valence-electron chi connectivity index (χ0n) is 12.4. The highest BCUT2D eigenvalue weighted by Crippen LogP contribution is 2.27. The average molecular weight is 302 g/mol. The molecule has 0 radical (unpaired) electrons. The fourth-order valence-corrected chi connectivity index (χ4v) is 1.90. The van der Waals surface area contributed by atoms with Gasteiger partial charge in [0.25, 0.3) is 0 Å². The van der Waals surface area contributed by atoms with Crippen LogP contribution in [-0.2, 0) is 19.1 Å². The van der Waals surface area contributed by atoms with E-state index in [0.29, 0.717) is 13.2 Å². The number of carbonyl (C=O) groups excluding carboxylic acids is 2. The predicted octanol–water partition coefficient (Wildman–Crippen LogP) is 0.167. The smallest absolute Gasteiger partial charge is 0.323 e. The SMILES string of the molecule is COCCN(CCC(=O)OC)C(=O)N(CC(=O)O)C1CC1. The summed E-state index contributed by atoms with van der Waals surface area (Å²) in [6, 6.07) is -0.391. The normalized spacial score (nSPS) is 13.6. The number of methoxy groups -OCH3 is 2. The third-order valence-electron chi connectivity index (χ3n) is 3.19. The van der Waals surface area contributed by atoms with Crippen LogP contribution < -0.4 is 0 Å². The van der Waals surface area contributed by atoms with Crippen molar-refractivity contribution in [1.29, 1.82) is 0 Å². The molecule has 0 aliphatic heterocycles. The minimum absolute atomic E-state index is 0.0169. The number of rotatable bonds is 9. The van der Waals surface area contributed by atoms with Crippen LogP contribution in [0.15, 0.2) is 0 Å². The molecule has 1 rings (SSSR count). The molecule has 21 heavy (non-hydrogen) atoms. The van der Waals surface area contributed by atoms with Crippen LogP contribution in [0.4, 0.5) is 4.79 Å². The standard InChI is InChI=1S/C13H22N2O6/c1-20-8-7-14(6-5-12(18)21-2)13(19)15(9-11(16)17)10-3-4-10/h10H,3-9H2,1-2H3,(H,16,17). The van der Waals surface area contributed by atoms with Crippen molar-refractivity contribution in [3.05, 3.63) is 0 Å². The fourth-order valence-electron chi connectivity index (χ4n) is 1.90. The fraction of sp³-hybridized carbons (Fsp3) is 0.769.